The lowest BCUT2D eigenvalue weighted by Gasteiger charge is -2.20. The highest BCUT2D eigenvalue weighted by atomic mass is 35.5. The molecule has 0 radical (unpaired) electrons. The number of ether oxygens (including phenoxy) is 1. The minimum atomic E-state index is -0.786. The van der Waals surface area contributed by atoms with E-state index in [1.165, 1.54) is 12.3 Å². The summed E-state index contributed by atoms with van der Waals surface area (Å²) < 4.78 is 5.50. The van der Waals surface area contributed by atoms with Crippen LogP contribution >= 0.6 is 11.6 Å². The van der Waals surface area contributed by atoms with Crippen LogP contribution in [0.2, 0.25) is 5.02 Å². The number of hydrazone groups is 1. The Hall–Kier alpha value is -4.17. The van der Waals surface area contributed by atoms with Crippen molar-refractivity contribution < 1.29 is 19.1 Å². The minimum absolute atomic E-state index is 0.129. The number of nitrogens with zero attached hydrogens (tertiary/aromatic N) is 1. The zero-order chi connectivity index (χ0) is 25.9. The van der Waals surface area contributed by atoms with Gasteiger partial charge in [-0.3, -0.25) is 14.4 Å². The third-order valence-corrected chi connectivity index (χ3v) is 5.25. The van der Waals surface area contributed by atoms with Gasteiger partial charge in [-0.2, -0.15) is 5.10 Å². The maximum absolute atomic E-state index is 12.6. The molecule has 0 aromatic heterocycles. The van der Waals surface area contributed by atoms with Crippen LogP contribution in [-0.4, -0.2) is 36.6 Å². The summed E-state index contributed by atoms with van der Waals surface area (Å²) in [4.78, 5) is 37.1. The molecule has 3 aromatic carbocycles. The lowest BCUT2D eigenvalue weighted by Crippen LogP contribution is -2.48. The van der Waals surface area contributed by atoms with Gasteiger partial charge in [-0.15, -0.1) is 0 Å². The smallest absolute Gasteiger partial charge is 0.262 e. The van der Waals surface area contributed by atoms with E-state index in [2.05, 4.69) is 21.2 Å². The number of amides is 3. The van der Waals surface area contributed by atoms with E-state index < -0.39 is 17.9 Å². The Kier molecular flexibility index (Phi) is 9.59. The van der Waals surface area contributed by atoms with Gasteiger partial charge in [-0.25, -0.2) is 5.43 Å². The van der Waals surface area contributed by atoms with Gasteiger partial charge in [0.1, 0.15) is 11.8 Å². The maximum Gasteiger partial charge on any atom is 0.262 e. The zero-order valence-corrected chi connectivity index (χ0v) is 20.7. The van der Waals surface area contributed by atoms with Crippen molar-refractivity contribution >= 4 is 41.2 Å². The standard InChI is InChI=1S/C27H27ClN4O4/c1-18(2)25(31-26(34)20-7-6-8-21(28)15-20)27(35)32-29-16-19-11-13-23(14-12-19)36-17-24(33)30-22-9-4-3-5-10-22/h3-16,18,25H,17H2,1-2H3,(H,30,33)(H,31,34)(H,32,35)/b29-16-. The summed E-state index contributed by atoms with van der Waals surface area (Å²) in [5.74, 6) is -0.761. The third kappa shape index (κ3) is 8.25. The highest BCUT2D eigenvalue weighted by Gasteiger charge is 2.24. The first-order valence-electron chi connectivity index (χ1n) is 11.3. The first-order valence-corrected chi connectivity index (χ1v) is 11.7. The molecule has 0 heterocycles. The molecule has 186 valence electrons. The molecule has 3 aromatic rings. The van der Waals surface area contributed by atoms with Crippen LogP contribution in [0.5, 0.6) is 5.75 Å². The average molecular weight is 507 g/mol. The summed E-state index contributed by atoms with van der Waals surface area (Å²) in [5.41, 5.74) is 4.24. The number of para-hydroxylation sites is 1. The Labute approximate surface area is 214 Å². The van der Waals surface area contributed by atoms with Crippen LogP contribution in [0.25, 0.3) is 0 Å². The lowest BCUT2D eigenvalue weighted by molar-refractivity contribution is -0.124. The van der Waals surface area contributed by atoms with Gasteiger partial charge in [0, 0.05) is 16.3 Å². The van der Waals surface area contributed by atoms with Gasteiger partial charge < -0.3 is 15.4 Å². The van der Waals surface area contributed by atoms with Gasteiger partial charge in [0.25, 0.3) is 17.7 Å². The highest BCUT2D eigenvalue weighted by Crippen LogP contribution is 2.13. The van der Waals surface area contributed by atoms with Crippen LogP contribution in [0.4, 0.5) is 5.69 Å². The Balaban J connectivity index is 1.48. The molecular formula is C27H27ClN4O4. The fraction of sp³-hybridized carbons (Fsp3) is 0.185. The van der Waals surface area contributed by atoms with E-state index in [0.29, 0.717) is 27.6 Å². The van der Waals surface area contributed by atoms with Crippen molar-refractivity contribution in [2.24, 2.45) is 11.0 Å². The van der Waals surface area contributed by atoms with Crippen LogP contribution in [0.1, 0.15) is 29.8 Å². The van der Waals surface area contributed by atoms with Crippen molar-refractivity contribution in [1.82, 2.24) is 10.7 Å². The molecule has 9 heteroatoms. The summed E-state index contributed by atoms with van der Waals surface area (Å²) in [5, 5.41) is 9.89. The van der Waals surface area contributed by atoms with Gasteiger partial charge in [0.05, 0.1) is 6.21 Å². The Morgan fingerprint density at radius 2 is 1.69 bits per heavy atom. The van der Waals surface area contributed by atoms with Gasteiger partial charge in [-0.05, 0) is 66.1 Å². The normalized spacial score (nSPS) is 11.7. The Morgan fingerprint density at radius 1 is 0.972 bits per heavy atom. The van der Waals surface area contributed by atoms with Crippen molar-refractivity contribution in [3.8, 4) is 5.75 Å². The predicted octanol–water partition coefficient (Wildman–Crippen LogP) is 4.26. The van der Waals surface area contributed by atoms with Gasteiger partial charge in [0.2, 0.25) is 0 Å². The Bertz CT molecular complexity index is 1210. The van der Waals surface area contributed by atoms with Crippen LogP contribution in [0.3, 0.4) is 0 Å². The lowest BCUT2D eigenvalue weighted by atomic mass is 10.0. The number of carbonyl (C=O) groups excluding carboxylic acids is 3. The summed E-state index contributed by atoms with van der Waals surface area (Å²) in [7, 11) is 0. The van der Waals surface area contributed by atoms with E-state index in [1.807, 2.05) is 32.0 Å². The number of hydrogen-bond donors (Lipinski definition) is 3. The molecule has 3 N–H and O–H groups in total. The summed E-state index contributed by atoms with van der Waals surface area (Å²) in [6, 6.07) is 21.7. The van der Waals surface area contributed by atoms with Gasteiger partial charge in [0.15, 0.2) is 6.61 Å². The van der Waals surface area contributed by atoms with Crippen LogP contribution in [0, 0.1) is 5.92 Å². The van der Waals surface area contributed by atoms with E-state index in [9.17, 15) is 14.4 Å². The SMILES string of the molecule is CC(C)C(NC(=O)c1cccc(Cl)c1)C(=O)N/N=C\c1ccc(OCC(=O)Nc2ccccc2)cc1. The largest absolute Gasteiger partial charge is 0.484 e. The molecule has 0 aliphatic carbocycles. The molecule has 0 saturated heterocycles. The number of benzene rings is 3. The molecule has 1 unspecified atom stereocenters. The van der Waals surface area contributed by atoms with Crippen molar-refractivity contribution in [2.45, 2.75) is 19.9 Å². The molecule has 0 aliphatic heterocycles. The zero-order valence-electron chi connectivity index (χ0n) is 19.9. The molecular weight excluding hydrogens is 480 g/mol. The molecule has 0 saturated carbocycles. The van der Waals surface area contributed by atoms with Gasteiger partial charge in [-0.1, -0.05) is 49.7 Å². The van der Waals surface area contributed by atoms with E-state index in [1.54, 1.807) is 54.6 Å². The summed E-state index contributed by atoms with van der Waals surface area (Å²) in [6.45, 7) is 3.52. The van der Waals surface area contributed by atoms with Crippen molar-refractivity contribution in [2.75, 3.05) is 11.9 Å². The second-order valence-corrected chi connectivity index (χ2v) is 8.65. The second-order valence-electron chi connectivity index (χ2n) is 8.21. The quantitative estimate of drug-likeness (QED) is 0.282. The number of hydrogen-bond acceptors (Lipinski definition) is 5. The molecule has 0 fully saturated rings. The molecule has 0 spiro atoms. The first-order chi connectivity index (χ1) is 17.3. The average Bonchev–Trinajstić information content (AvgIpc) is 2.87. The van der Waals surface area contributed by atoms with E-state index in [4.69, 9.17) is 16.3 Å². The van der Waals surface area contributed by atoms with E-state index >= 15 is 0 Å². The summed E-state index contributed by atoms with van der Waals surface area (Å²) >= 11 is 5.94. The highest BCUT2D eigenvalue weighted by molar-refractivity contribution is 6.31. The number of rotatable bonds is 10. The molecule has 0 aliphatic rings. The van der Waals surface area contributed by atoms with Crippen LogP contribution in [-0.2, 0) is 9.59 Å². The molecule has 36 heavy (non-hydrogen) atoms. The fourth-order valence-electron chi connectivity index (χ4n) is 3.15. The van der Waals surface area contributed by atoms with Crippen molar-refractivity contribution in [3.05, 3.63) is 95.0 Å². The molecule has 3 amide bonds. The monoisotopic (exact) mass is 506 g/mol. The first kappa shape index (κ1) is 26.4. The number of halogens is 1. The Morgan fingerprint density at radius 3 is 2.36 bits per heavy atom. The molecule has 0 bridgehead atoms. The van der Waals surface area contributed by atoms with Crippen molar-refractivity contribution in [1.29, 1.82) is 0 Å². The second kappa shape index (κ2) is 13.1. The predicted molar refractivity (Wildman–Crippen MR) is 140 cm³/mol. The third-order valence-electron chi connectivity index (χ3n) is 5.02. The fourth-order valence-corrected chi connectivity index (χ4v) is 3.34. The van der Waals surface area contributed by atoms with E-state index in [0.717, 1.165) is 0 Å². The molecule has 1 atom stereocenters. The maximum atomic E-state index is 12.6. The topological polar surface area (TPSA) is 109 Å². The summed E-state index contributed by atoms with van der Waals surface area (Å²) in [6.07, 6.45) is 1.47. The van der Waals surface area contributed by atoms with Crippen molar-refractivity contribution in [3.63, 3.8) is 0 Å². The van der Waals surface area contributed by atoms with Gasteiger partial charge >= 0.3 is 0 Å². The number of carbonyl (C=O) groups is 3. The number of anilines is 1. The molecule has 8 nitrogen and oxygen atoms in total. The van der Waals surface area contributed by atoms with Crippen LogP contribution < -0.4 is 20.8 Å². The number of nitrogens with one attached hydrogen (secondary N) is 3. The minimum Gasteiger partial charge on any atom is -0.484 e. The van der Waals surface area contributed by atoms with E-state index in [-0.39, 0.29) is 18.4 Å². The molecule has 3 rings (SSSR count). The van der Waals surface area contributed by atoms with Crippen LogP contribution in [0.15, 0.2) is 84.0 Å².